The average molecular weight is 414 g/mol. The Kier molecular flexibility index (Phi) is 5.80. The number of carbonyl (C=O) groups is 3. The number of imide groups is 1. The van der Waals surface area contributed by atoms with Crippen LogP contribution in [0.25, 0.3) is 0 Å². The summed E-state index contributed by atoms with van der Waals surface area (Å²) in [5.41, 5.74) is 2.19. The van der Waals surface area contributed by atoms with Crippen molar-refractivity contribution >= 4 is 29.1 Å². The Morgan fingerprint density at radius 3 is 2.13 bits per heavy atom. The molecule has 1 aliphatic rings. The van der Waals surface area contributed by atoms with Gasteiger partial charge < -0.3 is 10.1 Å². The van der Waals surface area contributed by atoms with Crippen LogP contribution in [0.2, 0.25) is 0 Å². The van der Waals surface area contributed by atoms with Crippen molar-refractivity contribution < 1.29 is 19.1 Å². The van der Waals surface area contributed by atoms with Crippen LogP contribution >= 0.6 is 0 Å². The number of nitrogens with one attached hydrogen (secondary N) is 1. The van der Waals surface area contributed by atoms with Gasteiger partial charge in [-0.15, -0.1) is 0 Å². The quantitative estimate of drug-likeness (QED) is 0.440. The molecule has 0 saturated heterocycles. The van der Waals surface area contributed by atoms with Crippen molar-refractivity contribution in [2.45, 2.75) is 19.8 Å². The molecule has 1 N–H and O–H groups in total. The third-order valence-electron chi connectivity index (χ3n) is 5.07. The van der Waals surface area contributed by atoms with E-state index in [9.17, 15) is 14.4 Å². The molecule has 0 radical (unpaired) electrons. The van der Waals surface area contributed by atoms with Gasteiger partial charge in [-0.2, -0.15) is 0 Å². The average Bonchev–Trinajstić information content (AvgIpc) is 3.05. The third-order valence-corrected chi connectivity index (χ3v) is 5.07. The van der Waals surface area contributed by atoms with Gasteiger partial charge in [0.2, 0.25) is 0 Å². The van der Waals surface area contributed by atoms with Gasteiger partial charge >= 0.3 is 0 Å². The SMILES string of the molecule is CCCCOc1ccccc1NC(=O)c1ccc(N2C(=O)c3ccccc3C2=O)cc1. The molecule has 0 atom stereocenters. The normalized spacial score (nSPS) is 12.6. The second-order valence-corrected chi connectivity index (χ2v) is 7.19. The highest BCUT2D eigenvalue weighted by atomic mass is 16.5. The van der Waals surface area contributed by atoms with E-state index in [-0.39, 0.29) is 17.7 Å². The lowest BCUT2D eigenvalue weighted by atomic mass is 10.1. The van der Waals surface area contributed by atoms with Gasteiger partial charge in [0.25, 0.3) is 17.7 Å². The van der Waals surface area contributed by atoms with Crippen LogP contribution < -0.4 is 15.0 Å². The predicted octanol–water partition coefficient (Wildman–Crippen LogP) is 4.92. The molecule has 6 heteroatoms. The first-order valence-corrected chi connectivity index (χ1v) is 10.2. The van der Waals surface area contributed by atoms with Gasteiger partial charge in [-0.05, 0) is 55.0 Å². The fourth-order valence-electron chi connectivity index (χ4n) is 3.40. The first-order valence-electron chi connectivity index (χ1n) is 10.2. The minimum absolute atomic E-state index is 0.305. The number of carbonyl (C=O) groups excluding carboxylic acids is 3. The van der Waals surface area contributed by atoms with E-state index in [0.29, 0.717) is 40.4 Å². The monoisotopic (exact) mass is 414 g/mol. The maximum atomic E-state index is 12.7. The molecule has 4 rings (SSSR count). The summed E-state index contributed by atoms with van der Waals surface area (Å²) >= 11 is 0. The maximum Gasteiger partial charge on any atom is 0.266 e. The van der Waals surface area contributed by atoms with Crippen molar-refractivity contribution in [3.05, 3.63) is 89.5 Å². The van der Waals surface area contributed by atoms with Crippen LogP contribution in [0.5, 0.6) is 5.75 Å². The summed E-state index contributed by atoms with van der Waals surface area (Å²) in [6.45, 7) is 2.67. The molecule has 0 aromatic heterocycles. The number of hydrogen-bond acceptors (Lipinski definition) is 4. The van der Waals surface area contributed by atoms with E-state index in [1.165, 1.54) is 0 Å². The lowest BCUT2D eigenvalue weighted by molar-refractivity contribution is 0.0925. The van der Waals surface area contributed by atoms with Gasteiger partial charge in [-0.25, -0.2) is 4.90 Å². The number of para-hydroxylation sites is 2. The fraction of sp³-hybridized carbons (Fsp3) is 0.160. The number of anilines is 2. The summed E-state index contributed by atoms with van der Waals surface area (Å²) in [6.07, 6.45) is 1.95. The van der Waals surface area contributed by atoms with Crippen LogP contribution in [0.1, 0.15) is 50.8 Å². The summed E-state index contributed by atoms with van der Waals surface area (Å²) in [5.74, 6) is -0.417. The van der Waals surface area contributed by atoms with Gasteiger partial charge in [0, 0.05) is 5.56 Å². The van der Waals surface area contributed by atoms with E-state index in [1.54, 1.807) is 54.6 Å². The molecule has 0 saturated carbocycles. The Labute approximate surface area is 180 Å². The van der Waals surface area contributed by atoms with Crippen molar-refractivity contribution in [1.82, 2.24) is 0 Å². The molecule has 0 fully saturated rings. The van der Waals surface area contributed by atoms with E-state index in [0.717, 1.165) is 17.7 Å². The van der Waals surface area contributed by atoms with E-state index < -0.39 is 0 Å². The molecule has 0 aliphatic carbocycles. The largest absolute Gasteiger partial charge is 0.491 e. The molecule has 1 heterocycles. The summed E-state index contributed by atoms with van der Waals surface area (Å²) in [5, 5.41) is 2.86. The molecular formula is C25H22N2O4. The zero-order chi connectivity index (χ0) is 21.8. The Morgan fingerprint density at radius 1 is 0.871 bits per heavy atom. The third kappa shape index (κ3) is 4.05. The van der Waals surface area contributed by atoms with Crippen LogP contribution in [-0.2, 0) is 0 Å². The Morgan fingerprint density at radius 2 is 1.48 bits per heavy atom. The van der Waals surface area contributed by atoms with Crippen LogP contribution in [0, 0.1) is 0 Å². The topological polar surface area (TPSA) is 75.7 Å². The first kappa shape index (κ1) is 20.3. The van der Waals surface area contributed by atoms with Gasteiger partial charge in [0.1, 0.15) is 5.75 Å². The molecule has 0 spiro atoms. The number of hydrogen-bond donors (Lipinski definition) is 1. The molecule has 0 unspecified atom stereocenters. The van der Waals surface area contributed by atoms with E-state index >= 15 is 0 Å². The van der Waals surface area contributed by atoms with Crippen molar-refractivity contribution in [2.24, 2.45) is 0 Å². The second-order valence-electron chi connectivity index (χ2n) is 7.19. The number of rotatable bonds is 7. The van der Waals surface area contributed by atoms with Crippen LogP contribution in [0.15, 0.2) is 72.8 Å². The smallest absolute Gasteiger partial charge is 0.266 e. The number of benzene rings is 3. The zero-order valence-corrected chi connectivity index (χ0v) is 17.1. The minimum Gasteiger partial charge on any atom is -0.491 e. The summed E-state index contributed by atoms with van der Waals surface area (Å²) in [7, 11) is 0. The Bertz CT molecular complexity index is 1100. The van der Waals surface area contributed by atoms with Gasteiger partial charge in [-0.3, -0.25) is 14.4 Å². The van der Waals surface area contributed by atoms with Crippen molar-refractivity contribution in [1.29, 1.82) is 0 Å². The molecule has 6 nitrogen and oxygen atoms in total. The molecule has 31 heavy (non-hydrogen) atoms. The van der Waals surface area contributed by atoms with Crippen molar-refractivity contribution in [3.8, 4) is 5.75 Å². The van der Waals surface area contributed by atoms with Crippen LogP contribution in [0.3, 0.4) is 0 Å². The van der Waals surface area contributed by atoms with Gasteiger partial charge in [0.15, 0.2) is 0 Å². The number of fused-ring (bicyclic) bond motifs is 1. The highest BCUT2D eigenvalue weighted by Crippen LogP contribution is 2.29. The van der Waals surface area contributed by atoms with E-state index in [1.807, 2.05) is 18.2 Å². The van der Waals surface area contributed by atoms with Gasteiger partial charge in [-0.1, -0.05) is 37.6 Å². The Hall–Kier alpha value is -3.93. The second kappa shape index (κ2) is 8.83. The standard InChI is InChI=1S/C25H22N2O4/c1-2-3-16-31-22-11-7-6-10-21(22)26-23(28)17-12-14-18(15-13-17)27-24(29)19-8-4-5-9-20(19)25(27)30/h4-15H,2-3,16H2,1H3,(H,26,28). The Balaban J connectivity index is 1.49. The lowest BCUT2D eigenvalue weighted by Crippen LogP contribution is -2.29. The van der Waals surface area contributed by atoms with Gasteiger partial charge in [0.05, 0.1) is 29.1 Å². The summed E-state index contributed by atoms with van der Waals surface area (Å²) in [6, 6.07) is 20.4. The molecule has 156 valence electrons. The summed E-state index contributed by atoms with van der Waals surface area (Å²) in [4.78, 5) is 39.1. The molecule has 3 amide bonds. The molecule has 0 bridgehead atoms. The zero-order valence-electron chi connectivity index (χ0n) is 17.1. The minimum atomic E-state index is -0.365. The van der Waals surface area contributed by atoms with Crippen molar-refractivity contribution in [3.63, 3.8) is 0 Å². The predicted molar refractivity (Wildman–Crippen MR) is 119 cm³/mol. The van der Waals surface area contributed by atoms with Crippen molar-refractivity contribution in [2.75, 3.05) is 16.8 Å². The molecule has 3 aromatic rings. The number of unbranched alkanes of at least 4 members (excludes halogenated alkanes) is 1. The van der Waals surface area contributed by atoms with E-state index in [2.05, 4.69) is 12.2 Å². The molecule has 1 aliphatic heterocycles. The van der Waals surface area contributed by atoms with E-state index in [4.69, 9.17) is 4.74 Å². The van der Waals surface area contributed by atoms with Crippen LogP contribution in [-0.4, -0.2) is 24.3 Å². The van der Waals surface area contributed by atoms with Crippen LogP contribution in [0.4, 0.5) is 11.4 Å². The molecule has 3 aromatic carbocycles. The number of ether oxygens (including phenoxy) is 1. The number of amides is 3. The number of nitrogens with zero attached hydrogens (tertiary/aromatic N) is 1. The highest BCUT2D eigenvalue weighted by molar-refractivity contribution is 6.34. The maximum absolute atomic E-state index is 12.7. The lowest BCUT2D eigenvalue weighted by Gasteiger charge is -2.15. The molecular weight excluding hydrogens is 392 g/mol. The first-order chi connectivity index (χ1) is 15.1. The highest BCUT2D eigenvalue weighted by Gasteiger charge is 2.36. The summed E-state index contributed by atoms with van der Waals surface area (Å²) < 4.78 is 5.76. The fourth-order valence-corrected chi connectivity index (χ4v) is 3.40.